The van der Waals surface area contributed by atoms with Gasteiger partial charge in [0.25, 0.3) is 5.91 Å². The van der Waals surface area contributed by atoms with Gasteiger partial charge in [0.2, 0.25) is 5.91 Å². The first-order chi connectivity index (χ1) is 12.0. The average molecular weight is 357 g/mol. The van der Waals surface area contributed by atoms with Gasteiger partial charge < -0.3 is 14.6 Å². The van der Waals surface area contributed by atoms with Crippen molar-refractivity contribution >= 4 is 34.2 Å². The summed E-state index contributed by atoms with van der Waals surface area (Å²) in [6.07, 6.45) is 4.36. The first-order valence-corrected chi connectivity index (χ1v) is 8.68. The van der Waals surface area contributed by atoms with Crippen LogP contribution in [0.3, 0.4) is 0 Å². The number of nitriles is 1. The number of amides is 2. The lowest BCUT2D eigenvalue weighted by Crippen LogP contribution is -2.30. The van der Waals surface area contributed by atoms with Gasteiger partial charge in [0, 0.05) is 19.2 Å². The normalized spacial score (nSPS) is 10.6. The van der Waals surface area contributed by atoms with Crippen molar-refractivity contribution in [1.29, 1.82) is 5.26 Å². The molecular formula is C18H19N3O3S. The molecule has 0 aliphatic heterocycles. The molecule has 2 aromatic heterocycles. The third kappa shape index (κ3) is 4.17. The van der Waals surface area contributed by atoms with E-state index in [4.69, 9.17) is 4.42 Å². The smallest absolute Gasteiger partial charge is 0.264 e. The van der Waals surface area contributed by atoms with E-state index < -0.39 is 5.91 Å². The van der Waals surface area contributed by atoms with E-state index in [-0.39, 0.29) is 5.91 Å². The van der Waals surface area contributed by atoms with Crippen LogP contribution in [0.4, 0.5) is 5.00 Å². The molecule has 0 radical (unpaired) electrons. The Morgan fingerprint density at radius 2 is 2.12 bits per heavy atom. The summed E-state index contributed by atoms with van der Waals surface area (Å²) < 4.78 is 5.12. The molecule has 0 unspecified atom stereocenters. The van der Waals surface area contributed by atoms with Gasteiger partial charge in [-0.25, -0.2) is 0 Å². The second-order valence-corrected chi connectivity index (χ2v) is 6.21. The second kappa shape index (κ2) is 8.31. The van der Waals surface area contributed by atoms with Crippen molar-refractivity contribution in [1.82, 2.24) is 4.90 Å². The summed E-state index contributed by atoms with van der Waals surface area (Å²) in [5.74, 6) is 0.0297. The van der Waals surface area contributed by atoms with Crippen LogP contribution in [-0.4, -0.2) is 29.8 Å². The lowest BCUT2D eigenvalue weighted by molar-refractivity contribution is -0.111. The van der Waals surface area contributed by atoms with Crippen molar-refractivity contribution in [3.63, 3.8) is 0 Å². The Morgan fingerprint density at radius 1 is 1.40 bits per heavy atom. The van der Waals surface area contributed by atoms with Gasteiger partial charge in [0.05, 0.1) is 16.7 Å². The van der Waals surface area contributed by atoms with E-state index in [1.54, 1.807) is 24.0 Å². The molecule has 0 aliphatic carbocycles. The van der Waals surface area contributed by atoms with Crippen LogP contribution in [0.1, 0.15) is 40.4 Å². The third-order valence-corrected chi connectivity index (χ3v) is 4.88. The molecule has 0 aliphatic rings. The molecule has 2 amide bonds. The van der Waals surface area contributed by atoms with Crippen molar-refractivity contribution in [3.05, 3.63) is 46.2 Å². The summed E-state index contributed by atoms with van der Waals surface area (Å²) in [7, 11) is 0. The lowest BCUT2D eigenvalue weighted by Gasteiger charge is -2.17. The molecular weight excluding hydrogens is 338 g/mol. The number of hydrogen-bond acceptors (Lipinski definition) is 5. The number of nitrogens with one attached hydrogen (secondary N) is 1. The number of anilines is 1. The molecule has 6 nitrogen and oxygen atoms in total. The molecule has 1 N–H and O–H groups in total. The number of nitrogens with zero attached hydrogens (tertiary/aromatic N) is 2. The highest BCUT2D eigenvalue weighted by Crippen LogP contribution is 2.33. The zero-order valence-corrected chi connectivity index (χ0v) is 15.1. The summed E-state index contributed by atoms with van der Waals surface area (Å²) in [4.78, 5) is 26.8. The van der Waals surface area contributed by atoms with Gasteiger partial charge in [0.15, 0.2) is 0 Å². The maximum Gasteiger partial charge on any atom is 0.264 e. The van der Waals surface area contributed by atoms with Gasteiger partial charge in [-0.3, -0.25) is 9.59 Å². The van der Waals surface area contributed by atoms with Crippen LogP contribution in [-0.2, 0) is 4.79 Å². The molecule has 0 saturated carbocycles. The molecule has 0 bridgehead atoms. The van der Waals surface area contributed by atoms with E-state index in [0.29, 0.717) is 39.9 Å². The highest BCUT2D eigenvalue weighted by molar-refractivity contribution is 7.18. The summed E-state index contributed by atoms with van der Waals surface area (Å²) in [5, 5.41) is 12.4. The van der Waals surface area contributed by atoms with Gasteiger partial charge in [-0.1, -0.05) is 0 Å². The van der Waals surface area contributed by atoms with E-state index in [9.17, 15) is 14.9 Å². The lowest BCUT2D eigenvalue weighted by atomic mass is 10.1. The summed E-state index contributed by atoms with van der Waals surface area (Å²) in [6.45, 7) is 6.69. The molecule has 0 atom stereocenters. The van der Waals surface area contributed by atoms with E-state index in [2.05, 4.69) is 11.4 Å². The van der Waals surface area contributed by atoms with Crippen molar-refractivity contribution in [3.8, 4) is 6.07 Å². The van der Waals surface area contributed by atoms with Crippen LogP contribution >= 0.6 is 11.3 Å². The highest BCUT2D eigenvalue weighted by atomic mass is 32.1. The Labute approximate surface area is 150 Å². The Bertz CT molecular complexity index is 825. The zero-order chi connectivity index (χ0) is 18.4. The van der Waals surface area contributed by atoms with Crippen LogP contribution in [0.5, 0.6) is 0 Å². The molecule has 0 spiro atoms. The first-order valence-electron chi connectivity index (χ1n) is 7.87. The average Bonchev–Trinajstić information content (AvgIpc) is 3.22. The Hall–Kier alpha value is -2.85. The fourth-order valence-electron chi connectivity index (χ4n) is 2.29. The number of furan rings is 1. The minimum absolute atomic E-state index is 0.129. The van der Waals surface area contributed by atoms with Crippen LogP contribution in [0.15, 0.2) is 28.9 Å². The Balaban J connectivity index is 2.23. The maximum absolute atomic E-state index is 12.6. The topological polar surface area (TPSA) is 86.3 Å². The molecule has 0 aromatic carbocycles. The van der Waals surface area contributed by atoms with Crippen LogP contribution in [0.2, 0.25) is 0 Å². The van der Waals surface area contributed by atoms with E-state index in [1.165, 1.54) is 18.4 Å². The van der Waals surface area contributed by atoms with Gasteiger partial charge in [0.1, 0.15) is 16.8 Å². The maximum atomic E-state index is 12.6. The fraction of sp³-hybridized carbons (Fsp3) is 0.278. The quantitative estimate of drug-likeness (QED) is 0.800. The van der Waals surface area contributed by atoms with E-state index >= 15 is 0 Å². The number of rotatable bonds is 6. The monoisotopic (exact) mass is 357 g/mol. The first kappa shape index (κ1) is 18.5. The van der Waals surface area contributed by atoms with Gasteiger partial charge in [-0.05, 0) is 44.5 Å². The largest absolute Gasteiger partial charge is 0.465 e. The number of hydrogen-bond donors (Lipinski definition) is 1. The summed E-state index contributed by atoms with van der Waals surface area (Å²) in [6, 6.07) is 5.52. The van der Waals surface area contributed by atoms with Gasteiger partial charge in [-0.2, -0.15) is 5.26 Å². The Morgan fingerprint density at radius 3 is 2.68 bits per heavy atom. The highest BCUT2D eigenvalue weighted by Gasteiger charge is 2.23. The predicted octanol–water partition coefficient (Wildman–Crippen LogP) is 3.66. The second-order valence-electron chi connectivity index (χ2n) is 5.19. The predicted molar refractivity (Wildman–Crippen MR) is 97.4 cm³/mol. The summed E-state index contributed by atoms with van der Waals surface area (Å²) in [5.41, 5.74) is 0.912. The van der Waals surface area contributed by atoms with Gasteiger partial charge in [-0.15, -0.1) is 11.3 Å². The molecule has 130 valence electrons. The standard InChI is InChI=1S/C18H19N3O3S/c1-4-21(5-2)18(23)16-12(3)14(11-19)17(25-16)20-15(22)9-8-13-7-6-10-24-13/h6-10H,4-5H2,1-3H3,(H,20,22). The number of carbonyl (C=O) groups is 2. The van der Waals surface area contributed by atoms with E-state index in [0.717, 1.165) is 11.3 Å². The molecule has 2 heterocycles. The number of carbonyl (C=O) groups excluding carboxylic acids is 2. The van der Waals surface area contributed by atoms with Crippen molar-refractivity contribution < 1.29 is 14.0 Å². The minimum atomic E-state index is -0.393. The molecule has 2 aromatic rings. The fourth-order valence-corrected chi connectivity index (χ4v) is 3.42. The van der Waals surface area contributed by atoms with Crippen molar-refractivity contribution in [2.75, 3.05) is 18.4 Å². The zero-order valence-electron chi connectivity index (χ0n) is 14.3. The molecule has 0 fully saturated rings. The molecule has 25 heavy (non-hydrogen) atoms. The van der Waals surface area contributed by atoms with Crippen LogP contribution in [0.25, 0.3) is 6.08 Å². The molecule has 0 saturated heterocycles. The Kier molecular flexibility index (Phi) is 6.14. The van der Waals surface area contributed by atoms with E-state index in [1.807, 2.05) is 13.8 Å². The van der Waals surface area contributed by atoms with Gasteiger partial charge >= 0.3 is 0 Å². The SMILES string of the molecule is CCN(CC)C(=O)c1sc(NC(=O)C=Cc2ccco2)c(C#N)c1C. The summed E-state index contributed by atoms with van der Waals surface area (Å²) >= 11 is 1.13. The molecule has 2 rings (SSSR count). The minimum Gasteiger partial charge on any atom is -0.465 e. The van der Waals surface area contributed by atoms with Crippen molar-refractivity contribution in [2.45, 2.75) is 20.8 Å². The third-order valence-electron chi connectivity index (χ3n) is 3.68. The number of thiophene rings is 1. The molecule has 7 heteroatoms. The van der Waals surface area contributed by atoms with Crippen LogP contribution in [0, 0.1) is 18.3 Å². The van der Waals surface area contributed by atoms with Crippen molar-refractivity contribution in [2.24, 2.45) is 0 Å². The van der Waals surface area contributed by atoms with Crippen LogP contribution < -0.4 is 5.32 Å².